The lowest BCUT2D eigenvalue weighted by Crippen LogP contribution is -2.29. The fourth-order valence-corrected chi connectivity index (χ4v) is 10.9. The third-order valence-corrected chi connectivity index (χ3v) is 13.1. The topological polar surface area (TPSA) is 152 Å². The number of hydrogen-bond donors (Lipinski definition) is 2. The summed E-state index contributed by atoms with van der Waals surface area (Å²) in [5.74, 6) is 1.89. The van der Waals surface area contributed by atoms with Crippen LogP contribution in [0.1, 0.15) is 103 Å². The number of fused-ring (bicyclic) bond motifs is 2. The van der Waals surface area contributed by atoms with Crippen molar-refractivity contribution in [3.05, 3.63) is 96.1 Å². The van der Waals surface area contributed by atoms with E-state index in [4.69, 9.17) is 9.97 Å². The van der Waals surface area contributed by atoms with Crippen LogP contribution in [0.15, 0.2) is 116 Å². The van der Waals surface area contributed by atoms with Crippen LogP contribution in [0.25, 0.3) is 22.1 Å². The van der Waals surface area contributed by atoms with Gasteiger partial charge in [0.25, 0.3) is 0 Å². The molecule has 0 unspecified atom stereocenters. The highest BCUT2D eigenvalue weighted by molar-refractivity contribution is 6.05. The second-order valence-corrected chi connectivity index (χ2v) is 20.4. The number of ether oxygens (including phenoxy) is 2. The Bertz CT molecular complexity index is 2790. The van der Waals surface area contributed by atoms with Crippen LogP contribution in [0.2, 0.25) is 0 Å². The van der Waals surface area contributed by atoms with Crippen LogP contribution in [0, 0.1) is 22.7 Å². The third-order valence-electron chi connectivity index (χ3n) is 13.1. The molecule has 4 atom stereocenters. The first kappa shape index (κ1) is 48.2. The first-order valence-electron chi connectivity index (χ1n) is 23.3. The number of anilines is 4. The van der Waals surface area contributed by atoms with Gasteiger partial charge in [-0.1, -0.05) is 53.7 Å². The summed E-state index contributed by atoms with van der Waals surface area (Å²) < 4.78 is 87.7. The minimum absolute atomic E-state index is 0.189. The molecular weight excluding hydrogens is 915 g/mol. The van der Waals surface area contributed by atoms with Crippen molar-refractivity contribution in [1.29, 1.82) is 0 Å². The molecule has 2 aromatic heterocycles. The lowest BCUT2D eigenvalue weighted by Gasteiger charge is -2.40. The molecule has 20 heteroatoms. The van der Waals surface area contributed by atoms with Crippen molar-refractivity contribution in [2.45, 2.75) is 105 Å². The van der Waals surface area contributed by atoms with E-state index in [-0.39, 0.29) is 34.4 Å². The van der Waals surface area contributed by atoms with Crippen LogP contribution in [0.5, 0.6) is 11.5 Å². The zero-order chi connectivity index (χ0) is 49.6. The Hall–Kier alpha value is -6.86. The molecule has 0 radical (unpaired) electrons. The van der Waals surface area contributed by atoms with E-state index in [9.17, 15) is 26.3 Å². The SMILES string of the molecule is C[C@@H]1C[C@@H](n2c(Nc3ccc(OC(F)(F)F)cc3)nc3cc(C4=NN=NC4)ccc32)CC(C)(C)C1.C[C@H]1C[C@H](n2c(Nc3ccc(OC(F)(F)F)cc3)nc3cc(C4=NN=NC4)ccc32)CC(C)(C)C1. The monoisotopic (exact) mass is 968 g/mol. The standard InChI is InChI=1S/2C25H27F3N6O/c2*1-15-10-18(13-24(2,3)12-15)34-22-9-4-16(21-14-29-33-32-21)11-20(22)31-23(34)30-17-5-7-19(8-6-17)35-25(26,27)28/h2*4-9,11,15,18H,10,12-14H2,1-3H3,(H,30,31)/t2*15-,18-/m10/s1. The van der Waals surface area contributed by atoms with Crippen molar-refractivity contribution >= 4 is 56.8 Å². The van der Waals surface area contributed by atoms with E-state index in [0.29, 0.717) is 48.2 Å². The van der Waals surface area contributed by atoms with Crippen molar-refractivity contribution in [2.24, 2.45) is 53.5 Å². The number of imidazole rings is 2. The molecule has 4 aromatic carbocycles. The summed E-state index contributed by atoms with van der Waals surface area (Å²) in [5.41, 5.74) is 8.67. The van der Waals surface area contributed by atoms with Gasteiger partial charge < -0.3 is 29.2 Å². The van der Waals surface area contributed by atoms with Crippen LogP contribution < -0.4 is 20.1 Å². The second-order valence-electron chi connectivity index (χ2n) is 20.4. The molecule has 14 nitrogen and oxygen atoms in total. The number of halogens is 6. The number of hydrogen-bond acceptors (Lipinski definition) is 12. The average molecular weight is 969 g/mol. The summed E-state index contributed by atoms with van der Waals surface area (Å²) >= 11 is 0. The van der Waals surface area contributed by atoms with Crippen LogP contribution >= 0.6 is 0 Å². The Morgan fingerprint density at radius 2 is 0.929 bits per heavy atom. The van der Waals surface area contributed by atoms with Gasteiger partial charge in [0.15, 0.2) is 0 Å². The molecule has 0 saturated heterocycles. The number of aromatic nitrogens is 4. The Kier molecular flexibility index (Phi) is 12.9. The van der Waals surface area contributed by atoms with Gasteiger partial charge in [-0.25, -0.2) is 9.97 Å². The quantitative estimate of drug-likeness (QED) is 0.130. The lowest BCUT2D eigenvalue weighted by molar-refractivity contribution is -0.275. The fourth-order valence-electron chi connectivity index (χ4n) is 10.9. The molecule has 10 rings (SSSR count). The molecule has 4 heterocycles. The Balaban J connectivity index is 0.000000174. The smallest absolute Gasteiger partial charge is 0.406 e. The lowest BCUT2D eigenvalue weighted by atomic mass is 9.70. The van der Waals surface area contributed by atoms with Crippen molar-refractivity contribution in [2.75, 3.05) is 23.7 Å². The number of benzene rings is 4. The molecule has 4 aliphatic rings. The maximum absolute atomic E-state index is 12.5. The minimum Gasteiger partial charge on any atom is -0.406 e. The van der Waals surface area contributed by atoms with Gasteiger partial charge in [0.1, 0.15) is 24.6 Å². The summed E-state index contributed by atoms with van der Waals surface area (Å²) in [6, 6.07) is 24.0. The summed E-state index contributed by atoms with van der Waals surface area (Å²) in [5, 5.41) is 30.1. The van der Waals surface area contributed by atoms with E-state index in [1.807, 2.05) is 24.3 Å². The zero-order valence-corrected chi connectivity index (χ0v) is 39.6. The first-order valence-corrected chi connectivity index (χ1v) is 23.3. The Labute approximate surface area is 400 Å². The van der Waals surface area contributed by atoms with E-state index in [2.05, 4.69) is 114 Å². The second kappa shape index (κ2) is 18.8. The normalized spacial score (nSPS) is 21.8. The van der Waals surface area contributed by atoms with Gasteiger partial charge in [-0.2, -0.15) is 10.2 Å². The van der Waals surface area contributed by atoms with E-state index < -0.39 is 12.7 Å². The van der Waals surface area contributed by atoms with E-state index in [0.717, 1.165) is 83.1 Å². The van der Waals surface area contributed by atoms with E-state index in [1.165, 1.54) is 24.3 Å². The molecule has 70 heavy (non-hydrogen) atoms. The highest BCUT2D eigenvalue weighted by atomic mass is 19.4. The molecule has 2 N–H and O–H groups in total. The van der Waals surface area contributed by atoms with Crippen molar-refractivity contribution < 1.29 is 35.8 Å². The van der Waals surface area contributed by atoms with Gasteiger partial charge in [-0.3, -0.25) is 0 Å². The molecule has 2 fully saturated rings. The molecule has 6 aromatic rings. The van der Waals surface area contributed by atoms with Gasteiger partial charge in [-0.15, -0.1) is 36.5 Å². The first-order chi connectivity index (χ1) is 33.1. The van der Waals surface area contributed by atoms with Crippen LogP contribution in [0.4, 0.5) is 49.6 Å². The van der Waals surface area contributed by atoms with Crippen LogP contribution in [0.3, 0.4) is 0 Å². The largest absolute Gasteiger partial charge is 0.573 e. The molecule has 2 saturated carbocycles. The highest BCUT2D eigenvalue weighted by Gasteiger charge is 2.37. The molecule has 0 spiro atoms. The summed E-state index contributed by atoms with van der Waals surface area (Å²) in [4.78, 5) is 9.79. The van der Waals surface area contributed by atoms with Gasteiger partial charge in [-0.05, 0) is 144 Å². The van der Waals surface area contributed by atoms with Crippen LogP contribution in [-0.4, -0.2) is 56.3 Å². The minimum atomic E-state index is -4.73. The zero-order valence-electron chi connectivity index (χ0n) is 39.6. The number of nitrogens with zero attached hydrogens (tertiary/aromatic N) is 10. The predicted octanol–water partition coefficient (Wildman–Crippen LogP) is 14.5. The van der Waals surface area contributed by atoms with Crippen molar-refractivity contribution in [3.63, 3.8) is 0 Å². The van der Waals surface area contributed by atoms with Gasteiger partial charge in [0.05, 0.1) is 33.5 Å². The molecule has 2 aliphatic heterocycles. The van der Waals surface area contributed by atoms with E-state index in [1.54, 1.807) is 24.3 Å². The number of alkyl halides is 6. The highest BCUT2D eigenvalue weighted by Crippen LogP contribution is 2.48. The molecule has 0 bridgehead atoms. The summed E-state index contributed by atoms with van der Waals surface area (Å²) in [6.07, 6.45) is -3.08. The van der Waals surface area contributed by atoms with Gasteiger partial charge in [0.2, 0.25) is 11.9 Å². The Morgan fingerprint density at radius 1 is 0.543 bits per heavy atom. The predicted molar refractivity (Wildman–Crippen MR) is 256 cm³/mol. The van der Waals surface area contributed by atoms with Crippen LogP contribution in [-0.2, 0) is 0 Å². The molecule has 2 aliphatic carbocycles. The summed E-state index contributed by atoms with van der Waals surface area (Å²) in [7, 11) is 0. The molecule has 0 amide bonds. The molecule has 368 valence electrons. The molecular formula is C50H54F6N12O2. The van der Waals surface area contributed by atoms with Crippen molar-refractivity contribution in [3.8, 4) is 11.5 Å². The fraction of sp³-hybridized carbons (Fsp3) is 0.440. The number of nitrogens with one attached hydrogen (secondary N) is 2. The Morgan fingerprint density at radius 3 is 1.26 bits per heavy atom. The maximum atomic E-state index is 12.5. The van der Waals surface area contributed by atoms with Crippen molar-refractivity contribution in [1.82, 2.24) is 19.1 Å². The average Bonchev–Trinajstić information content (AvgIpc) is 4.09. The third kappa shape index (κ3) is 11.4. The van der Waals surface area contributed by atoms with Gasteiger partial charge in [0, 0.05) is 34.6 Å². The summed E-state index contributed by atoms with van der Waals surface area (Å²) in [6.45, 7) is 14.6. The van der Waals surface area contributed by atoms with Gasteiger partial charge >= 0.3 is 12.7 Å². The van der Waals surface area contributed by atoms with E-state index >= 15 is 0 Å². The maximum Gasteiger partial charge on any atom is 0.573 e. The number of rotatable bonds is 10.